The first kappa shape index (κ1) is 13.9. The molecule has 0 amide bonds. The molecule has 2 unspecified atom stereocenters. The molecule has 0 aromatic heterocycles. The average Bonchev–Trinajstić information content (AvgIpc) is 2.18. The number of hydrogen-bond donors (Lipinski definition) is 0. The van der Waals surface area contributed by atoms with Gasteiger partial charge in [0.05, 0.1) is 12.5 Å². The van der Waals surface area contributed by atoms with E-state index in [2.05, 4.69) is 0 Å². The van der Waals surface area contributed by atoms with Crippen molar-refractivity contribution in [1.29, 1.82) is 0 Å². The fraction of sp³-hybridized carbons (Fsp3) is 0.818. The SMILES string of the molecule is CCCC(C)C(=O)OC(C)C(=O)OCC. The first-order valence-corrected chi connectivity index (χ1v) is 5.40. The normalized spacial score (nSPS) is 14.1. The minimum atomic E-state index is -0.809. The summed E-state index contributed by atoms with van der Waals surface area (Å²) in [5, 5.41) is 0. The number of hydrogen-bond acceptors (Lipinski definition) is 4. The Balaban J connectivity index is 4.00. The van der Waals surface area contributed by atoms with Crippen molar-refractivity contribution in [3.05, 3.63) is 0 Å². The predicted octanol–water partition coefficient (Wildman–Crippen LogP) is 1.92. The van der Waals surface area contributed by atoms with Crippen LogP contribution in [0.5, 0.6) is 0 Å². The molecule has 88 valence electrons. The summed E-state index contributed by atoms with van der Waals surface area (Å²) in [7, 11) is 0. The van der Waals surface area contributed by atoms with Gasteiger partial charge < -0.3 is 9.47 Å². The number of carbonyl (C=O) groups excluding carboxylic acids is 2. The standard InChI is InChI=1S/C11H20O4/c1-5-7-8(3)10(12)15-9(4)11(13)14-6-2/h8-9H,5-7H2,1-4H3. The molecule has 0 fully saturated rings. The van der Waals surface area contributed by atoms with E-state index >= 15 is 0 Å². The van der Waals surface area contributed by atoms with E-state index < -0.39 is 12.1 Å². The molecule has 15 heavy (non-hydrogen) atoms. The molecule has 0 aliphatic heterocycles. The molecule has 0 spiro atoms. The Bertz CT molecular complexity index is 213. The average molecular weight is 216 g/mol. The summed E-state index contributed by atoms with van der Waals surface area (Å²) in [6.45, 7) is 7.33. The Hall–Kier alpha value is -1.06. The van der Waals surface area contributed by atoms with Gasteiger partial charge in [-0.3, -0.25) is 4.79 Å². The molecule has 0 aromatic rings. The zero-order chi connectivity index (χ0) is 11.8. The van der Waals surface area contributed by atoms with Gasteiger partial charge in [-0.1, -0.05) is 20.3 Å². The lowest BCUT2D eigenvalue weighted by Gasteiger charge is -2.15. The molecular formula is C11H20O4. The van der Waals surface area contributed by atoms with E-state index in [1.54, 1.807) is 13.8 Å². The highest BCUT2D eigenvalue weighted by molar-refractivity contribution is 5.79. The van der Waals surface area contributed by atoms with Crippen molar-refractivity contribution in [2.24, 2.45) is 5.92 Å². The minimum absolute atomic E-state index is 0.160. The zero-order valence-electron chi connectivity index (χ0n) is 9.91. The topological polar surface area (TPSA) is 52.6 Å². The smallest absolute Gasteiger partial charge is 0.347 e. The van der Waals surface area contributed by atoms with Gasteiger partial charge in [0.2, 0.25) is 0 Å². The second kappa shape index (κ2) is 7.26. The second-order valence-electron chi connectivity index (χ2n) is 3.52. The van der Waals surface area contributed by atoms with E-state index in [9.17, 15) is 9.59 Å². The van der Waals surface area contributed by atoms with Crippen molar-refractivity contribution in [3.8, 4) is 0 Å². The lowest BCUT2D eigenvalue weighted by Crippen LogP contribution is -2.28. The maximum Gasteiger partial charge on any atom is 0.347 e. The highest BCUT2D eigenvalue weighted by Crippen LogP contribution is 2.09. The monoisotopic (exact) mass is 216 g/mol. The summed E-state index contributed by atoms with van der Waals surface area (Å²) >= 11 is 0. The molecule has 0 aliphatic carbocycles. The Morgan fingerprint density at radius 1 is 1.13 bits per heavy atom. The van der Waals surface area contributed by atoms with Crippen LogP contribution in [-0.2, 0) is 19.1 Å². The van der Waals surface area contributed by atoms with Gasteiger partial charge in [0.1, 0.15) is 0 Å². The van der Waals surface area contributed by atoms with Crippen molar-refractivity contribution >= 4 is 11.9 Å². The third-order valence-electron chi connectivity index (χ3n) is 2.04. The molecule has 0 saturated heterocycles. The number of rotatable bonds is 6. The summed E-state index contributed by atoms with van der Waals surface area (Å²) in [6, 6.07) is 0. The predicted molar refractivity (Wildman–Crippen MR) is 56.3 cm³/mol. The molecule has 0 rings (SSSR count). The van der Waals surface area contributed by atoms with E-state index in [0.717, 1.165) is 12.8 Å². The Morgan fingerprint density at radius 3 is 2.20 bits per heavy atom. The van der Waals surface area contributed by atoms with E-state index in [0.29, 0.717) is 6.61 Å². The van der Waals surface area contributed by atoms with Crippen LogP contribution in [0.4, 0.5) is 0 Å². The van der Waals surface area contributed by atoms with Crippen molar-refractivity contribution < 1.29 is 19.1 Å². The maximum atomic E-state index is 11.4. The molecule has 4 nitrogen and oxygen atoms in total. The summed E-state index contributed by atoms with van der Waals surface area (Å²) in [4.78, 5) is 22.6. The van der Waals surface area contributed by atoms with Crippen LogP contribution in [0.25, 0.3) is 0 Å². The minimum Gasteiger partial charge on any atom is -0.463 e. The van der Waals surface area contributed by atoms with Crippen LogP contribution in [0.3, 0.4) is 0 Å². The summed E-state index contributed by atoms with van der Waals surface area (Å²) in [5.41, 5.74) is 0. The van der Waals surface area contributed by atoms with Crippen molar-refractivity contribution in [1.82, 2.24) is 0 Å². The third kappa shape index (κ3) is 5.40. The number of ether oxygens (including phenoxy) is 2. The molecular weight excluding hydrogens is 196 g/mol. The maximum absolute atomic E-state index is 11.4. The van der Waals surface area contributed by atoms with Crippen molar-refractivity contribution in [2.75, 3.05) is 6.61 Å². The largest absolute Gasteiger partial charge is 0.463 e. The van der Waals surface area contributed by atoms with Crippen LogP contribution in [0.2, 0.25) is 0 Å². The van der Waals surface area contributed by atoms with Crippen LogP contribution in [0.1, 0.15) is 40.5 Å². The number of esters is 2. The summed E-state index contributed by atoms with van der Waals surface area (Å²) < 4.78 is 9.69. The van der Waals surface area contributed by atoms with Gasteiger partial charge >= 0.3 is 11.9 Å². The van der Waals surface area contributed by atoms with Gasteiger partial charge in [0.15, 0.2) is 6.10 Å². The fourth-order valence-corrected chi connectivity index (χ4v) is 1.15. The van der Waals surface area contributed by atoms with E-state index in [1.807, 2.05) is 6.92 Å². The Morgan fingerprint density at radius 2 is 1.73 bits per heavy atom. The van der Waals surface area contributed by atoms with E-state index in [-0.39, 0.29) is 11.9 Å². The first-order valence-electron chi connectivity index (χ1n) is 5.40. The molecule has 0 bridgehead atoms. The van der Waals surface area contributed by atoms with Crippen LogP contribution >= 0.6 is 0 Å². The molecule has 0 radical (unpaired) electrons. The number of carbonyl (C=O) groups is 2. The van der Waals surface area contributed by atoms with Crippen molar-refractivity contribution in [2.45, 2.75) is 46.6 Å². The van der Waals surface area contributed by atoms with Crippen LogP contribution in [0, 0.1) is 5.92 Å². The van der Waals surface area contributed by atoms with Gasteiger partial charge in [-0.15, -0.1) is 0 Å². The molecule has 4 heteroatoms. The van der Waals surface area contributed by atoms with E-state index in [1.165, 1.54) is 6.92 Å². The Labute approximate surface area is 90.9 Å². The second-order valence-corrected chi connectivity index (χ2v) is 3.52. The van der Waals surface area contributed by atoms with Gasteiger partial charge in [0, 0.05) is 0 Å². The highest BCUT2D eigenvalue weighted by Gasteiger charge is 2.21. The van der Waals surface area contributed by atoms with Gasteiger partial charge in [-0.25, -0.2) is 4.79 Å². The van der Waals surface area contributed by atoms with Gasteiger partial charge in [-0.05, 0) is 20.3 Å². The van der Waals surface area contributed by atoms with Crippen molar-refractivity contribution in [3.63, 3.8) is 0 Å². The molecule has 0 N–H and O–H groups in total. The summed E-state index contributed by atoms with van der Waals surface area (Å²) in [6.07, 6.45) is 0.884. The van der Waals surface area contributed by atoms with Crippen LogP contribution in [0.15, 0.2) is 0 Å². The van der Waals surface area contributed by atoms with Crippen LogP contribution < -0.4 is 0 Å². The molecule has 0 heterocycles. The fourth-order valence-electron chi connectivity index (χ4n) is 1.15. The zero-order valence-corrected chi connectivity index (χ0v) is 9.91. The van der Waals surface area contributed by atoms with E-state index in [4.69, 9.17) is 9.47 Å². The molecule has 0 aromatic carbocycles. The third-order valence-corrected chi connectivity index (χ3v) is 2.04. The first-order chi connectivity index (χ1) is 7.02. The summed E-state index contributed by atoms with van der Waals surface area (Å²) in [5.74, 6) is -0.987. The lowest BCUT2D eigenvalue weighted by molar-refractivity contribution is -0.168. The Kier molecular flexibility index (Phi) is 6.75. The van der Waals surface area contributed by atoms with Gasteiger partial charge in [0.25, 0.3) is 0 Å². The van der Waals surface area contributed by atoms with Crippen LogP contribution in [-0.4, -0.2) is 24.6 Å². The molecule has 0 saturated carbocycles. The lowest BCUT2D eigenvalue weighted by atomic mass is 10.1. The van der Waals surface area contributed by atoms with Gasteiger partial charge in [-0.2, -0.15) is 0 Å². The molecule has 2 atom stereocenters. The quantitative estimate of drug-likeness (QED) is 0.636. The highest BCUT2D eigenvalue weighted by atomic mass is 16.6. The molecule has 0 aliphatic rings.